The van der Waals surface area contributed by atoms with Gasteiger partial charge in [-0.2, -0.15) is 8.42 Å². The molecule has 0 saturated heterocycles. The maximum absolute atomic E-state index is 12.0. The van der Waals surface area contributed by atoms with Crippen molar-refractivity contribution in [1.29, 1.82) is 0 Å². The molecule has 0 N–H and O–H groups in total. The molecule has 0 saturated carbocycles. The highest BCUT2D eigenvalue weighted by Crippen LogP contribution is 2.28. The number of fused-ring (bicyclic) bond motifs is 1. The Kier molecular flexibility index (Phi) is 4.45. The summed E-state index contributed by atoms with van der Waals surface area (Å²) in [6.07, 6.45) is 2.34. The minimum Gasteiger partial charge on any atom is -0.479 e. The standard InChI is InChI=1S/C13H14N2O6S/c1-4-20-13(16)9-7-8-5-6-14-12(19-2)10(8)15-11(9)21-22(3,17)18/h5-7H,4H2,1-3H3. The van der Waals surface area contributed by atoms with E-state index in [1.54, 1.807) is 13.0 Å². The number of pyridine rings is 2. The third-order valence-corrected chi connectivity index (χ3v) is 3.05. The van der Waals surface area contributed by atoms with Crippen LogP contribution in [0.15, 0.2) is 18.3 Å². The van der Waals surface area contributed by atoms with E-state index in [-0.39, 0.29) is 29.4 Å². The Morgan fingerprint density at radius 1 is 1.32 bits per heavy atom. The predicted molar refractivity (Wildman–Crippen MR) is 77.5 cm³/mol. The first kappa shape index (κ1) is 16.0. The zero-order valence-corrected chi connectivity index (χ0v) is 13.0. The molecule has 8 nitrogen and oxygen atoms in total. The second-order valence-corrected chi connectivity index (χ2v) is 5.82. The summed E-state index contributed by atoms with van der Waals surface area (Å²) in [5.74, 6) is -0.919. The summed E-state index contributed by atoms with van der Waals surface area (Å²) in [5.41, 5.74) is 0.185. The Labute approximate surface area is 127 Å². The normalized spacial score (nSPS) is 11.2. The van der Waals surface area contributed by atoms with Gasteiger partial charge in [0, 0.05) is 11.6 Å². The Morgan fingerprint density at radius 2 is 2.05 bits per heavy atom. The average Bonchev–Trinajstić information content (AvgIpc) is 2.44. The minimum absolute atomic E-state index is 0.0898. The van der Waals surface area contributed by atoms with E-state index >= 15 is 0 Å². The smallest absolute Gasteiger partial charge is 0.343 e. The van der Waals surface area contributed by atoms with E-state index in [0.717, 1.165) is 6.26 Å². The van der Waals surface area contributed by atoms with Crippen molar-refractivity contribution in [3.63, 3.8) is 0 Å². The Bertz CT molecular complexity index is 819. The molecule has 9 heteroatoms. The number of carbonyl (C=O) groups is 1. The summed E-state index contributed by atoms with van der Waals surface area (Å²) in [4.78, 5) is 20.0. The summed E-state index contributed by atoms with van der Waals surface area (Å²) in [6.45, 7) is 1.77. The van der Waals surface area contributed by atoms with Crippen LogP contribution in [0, 0.1) is 0 Å². The van der Waals surface area contributed by atoms with Crippen molar-refractivity contribution in [2.45, 2.75) is 6.92 Å². The lowest BCUT2D eigenvalue weighted by Crippen LogP contribution is -2.13. The zero-order valence-electron chi connectivity index (χ0n) is 12.2. The number of esters is 1. The van der Waals surface area contributed by atoms with Crippen LogP contribution in [0.5, 0.6) is 11.8 Å². The minimum atomic E-state index is -3.87. The van der Waals surface area contributed by atoms with Gasteiger partial charge in [-0.3, -0.25) is 0 Å². The Balaban J connectivity index is 2.70. The van der Waals surface area contributed by atoms with Crippen LogP contribution in [0.25, 0.3) is 10.9 Å². The third-order valence-electron chi connectivity index (χ3n) is 2.58. The molecule has 0 spiro atoms. The number of aromatic nitrogens is 2. The van der Waals surface area contributed by atoms with E-state index in [9.17, 15) is 13.2 Å². The molecule has 0 aliphatic rings. The highest BCUT2D eigenvalue weighted by atomic mass is 32.2. The molecular weight excluding hydrogens is 312 g/mol. The predicted octanol–water partition coefficient (Wildman–Crippen LogP) is 1.15. The highest BCUT2D eigenvalue weighted by Gasteiger charge is 2.21. The van der Waals surface area contributed by atoms with Crippen molar-refractivity contribution in [3.05, 3.63) is 23.9 Å². The van der Waals surface area contributed by atoms with Gasteiger partial charge >= 0.3 is 16.1 Å². The fourth-order valence-corrected chi connectivity index (χ4v) is 2.18. The topological polar surface area (TPSA) is 105 Å². The van der Waals surface area contributed by atoms with E-state index in [1.165, 1.54) is 19.4 Å². The number of methoxy groups -OCH3 is 1. The largest absolute Gasteiger partial charge is 0.479 e. The summed E-state index contributed by atoms with van der Waals surface area (Å²) >= 11 is 0. The van der Waals surface area contributed by atoms with E-state index in [4.69, 9.17) is 13.7 Å². The molecule has 22 heavy (non-hydrogen) atoms. The Morgan fingerprint density at radius 3 is 2.64 bits per heavy atom. The molecule has 2 rings (SSSR count). The van der Waals surface area contributed by atoms with Crippen molar-refractivity contribution in [1.82, 2.24) is 9.97 Å². The number of hydrogen-bond donors (Lipinski definition) is 0. The SMILES string of the molecule is CCOC(=O)c1cc2ccnc(OC)c2nc1OS(C)(=O)=O. The maximum Gasteiger partial charge on any atom is 0.343 e. The van der Waals surface area contributed by atoms with Gasteiger partial charge in [0.05, 0.1) is 20.0 Å². The third kappa shape index (κ3) is 3.42. The van der Waals surface area contributed by atoms with Gasteiger partial charge in [0.25, 0.3) is 0 Å². The molecule has 0 fully saturated rings. The molecule has 0 bridgehead atoms. The molecule has 0 aromatic carbocycles. The molecule has 0 atom stereocenters. The van der Waals surface area contributed by atoms with Gasteiger partial charge in [0.2, 0.25) is 11.8 Å². The molecule has 0 aliphatic heterocycles. The quantitative estimate of drug-likeness (QED) is 0.595. The Hall–Kier alpha value is -2.42. The second kappa shape index (κ2) is 6.14. The van der Waals surface area contributed by atoms with E-state index in [2.05, 4.69) is 9.97 Å². The van der Waals surface area contributed by atoms with Gasteiger partial charge in [0.1, 0.15) is 11.1 Å². The van der Waals surface area contributed by atoms with Crippen molar-refractivity contribution in [3.8, 4) is 11.8 Å². The number of hydrogen-bond acceptors (Lipinski definition) is 8. The lowest BCUT2D eigenvalue weighted by molar-refractivity contribution is 0.0524. The van der Waals surface area contributed by atoms with Gasteiger partial charge in [-0.1, -0.05) is 0 Å². The van der Waals surface area contributed by atoms with E-state index in [0.29, 0.717) is 5.39 Å². The number of nitrogens with zero attached hydrogens (tertiary/aromatic N) is 2. The van der Waals surface area contributed by atoms with E-state index < -0.39 is 16.1 Å². The van der Waals surface area contributed by atoms with Crippen LogP contribution in [0.3, 0.4) is 0 Å². The summed E-state index contributed by atoms with van der Waals surface area (Å²) in [7, 11) is -2.47. The van der Waals surface area contributed by atoms with Gasteiger partial charge < -0.3 is 13.7 Å². The lowest BCUT2D eigenvalue weighted by Gasteiger charge is -2.10. The molecule has 2 aromatic rings. The molecule has 0 amide bonds. The molecule has 2 aromatic heterocycles. The van der Waals surface area contributed by atoms with Gasteiger partial charge in [-0.15, -0.1) is 0 Å². The maximum atomic E-state index is 12.0. The van der Waals surface area contributed by atoms with Crippen LogP contribution >= 0.6 is 0 Å². The van der Waals surface area contributed by atoms with Gasteiger partial charge in [-0.05, 0) is 19.1 Å². The van der Waals surface area contributed by atoms with Crippen LogP contribution in [0.1, 0.15) is 17.3 Å². The van der Waals surface area contributed by atoms with Crippen LogP contribution in [-0.2, 0) is 14.9 Å². The summed E-state index contributed by atoms with van der Waals surface area (Å²) in [5, 5.41) is 0.538. The summed E-state index contributed by atoms with van der Waals surface area (Å²) < 4.78 is 37.5. The second-order valence-electron chi connectivity index (χ2n) is 4.24. The molecule has 0 unspecified atom stereocenters. The van der Waals surface area contributed by atoms with Crippen molar-refractivity contribution in [2.24, 2.45) is 0 Å². The first-order valence-electron chi connectivity index (χ1n) is 6.26. The lowest BCUT2D eigenvalue weighted by atomic mass is 10.2. The first-order chi connectivity index (χ1) is 10.4. The number of rotatable bonds is 5. The van der Waals surface area contributed by atoms with E-state index in [1.807, 2.05) is 0 Å². The first-order valence-corrected chi connectivity index (χ1v) is 8.07. The van der Waals surface area contributed by atoms with Crippen molar-refractivity contribution < 1.29 is 26.9 Å². The fraction of sp³-hybridized carbons (Fsp3) is 0.308. The van der Waals surface area contributed by atoms with Crippen molar-refractivity contribution >= 4 is 27.0 Å². The average molecular weight is 326 g/mol. The molecular formula is C13H14N2O6S. The number of ether oxygens (including phenoxy) is 2. The van der Waals surface area contributed by atoms with Crippen LogP contribution in [-0.4, -0.2) is 44.3 Å². The number of carbonyl (C=O) groups excluding carboxylic acids is 1. The molecule has 0 aliphatic carbocycles. The fourth-order valence-electron chi connectivity index (χ4n) is 1.77. The highest BCUT2D eigenvalue weighted by molar-refractivity contribution is 7.86. The summed E-state index contributed by atoms with van der Waals surface area (Å²) in [6, 6.07) is 3.03. The van der Waals surface area contributed by atoms with Crippen LogP contribution < -0.4 is 8.92 Å². The molecule has 0 radical (unpaired) electrons. The van der Waals surface area contributed by atoms with Crippen LogP contribution in [0.2, 0.25) is 0 Å². The molecule has 118 valence electrons. The monoisotopic (exact) mass is 326 g/mol. The zero-order chi connectivity index (χ0) is 16.3. The van der Waals surface area contributed by atoms with Gasteiger partial charge in [0.15, 0.2) is 0 Å². The van der Waals surface area contributed by atoms with Gasteiger partial charge in [-0.25, -0.2) is 14.8 Å². The molecule has 2 heterocycles. The van der Waals surface area contributed by atoms with Crippen molar-refractivity contribution in [2.75, 3.05) is 20.0 Å². The van der Waals surface area contributed by atoms with Crippen LogP contribution in [0.4, 0.5) is 0 Å².